The lowest BCUT2D eigenvalue weighted by Gasteiger charge is -2.27. The topological polar surface area (TPSA) is 66.9 Å². The van der Waals surface area contributed by atoms with Gasteiger partial charge in [-0.15, -0.1) is 36.2 Å². The van der Waals surface area contributed by atoms with Gasteiger partial charge in [-0.05, 0) is 36.2 Å². The first-order chi connectivity index (χ1) is 12.8. The number of benzene rings is 1. The molecule has 28 heavy (non-hydrogen) atoms. The molecular formula is C20H22Cl2N4OS. The molecule has 1 aliphatic rings. The number of rotatable bonds is 5. The quantitative estimate of drug-likeness (QED) is 0.640. The average molecular weight is 437 g/mol. The van der Waals surface area contributed by atoms with Crippen LogP contribution in [0.15, 0.2) is 54.0 Å². The summed E-state index contributed by atoms with van der Waals surface area (Å²) in [7, 11) is 0. The highest BCUT2D eigenvalue weighted by Gasteiger charge is 2.19. The fourth-order valence-electron chi connectivity index (χ4n) is 3.21. The second-order valence-electron chi connectivity index (χ2n) is 6.30. The number of pyridine rings is 1. The number of carbonyl (C=O) groups is 1. The van der Waals surface area contributed by atoms with Crippen LogP contribution in [-0.2, 0) is 17.6 Å². The molecule has 148 valence electrons. The standard InChI is InChI=1S/C20H20N4OS.2ClH/c25-19(11-15-13-26-20(24-15)17-7-3-4-9-21-17)23-12-18-16-6-2-1-5-14(16)8-10-22-18;;/h1-7,9,13,18,22H,8,10-12H2,(H,23,25);2*1H. The summed E-state index contributed by atoms with van der Waals surface area (Å²) >= 11 is 1.52. The van der Waals surface area contributed by atoms with Crippen LogP contribution in [-0.4, -0.2) is 29.0 Å². The van der Waals surface area contributed by atoms with E-state index < -0.39 is 0 Å². The van der Waals surface area contributed by atoms with E-state index in [0.717, 1.165) is 29.4 Å². The molecule has 1 aromatic carbocycles. The van der Waals surface area contributed by atoms with Crippen LogP contribution < -0.4 is 10.6 Å². The molecular weight excluding hydrogens is 415 g/mol. The highest BCUT2D eigenvalue weighted by molar-refractivity contribution is 7.13. The van der Waals surface area contributed by atoms with Crippen molar-refractivity contribution in [2.45, 2.75) is 18.9 Å². The zero-order valence-electron chi connectivity index (χ0n) is 15.1. The fraction of sp³-hybridized carbons (Fsp3) is 0.250. The summed E-state index contributed by atoms with van der Waals surface area (Å²) in [4.78, 5) is 21.2. The third-order valence-corrected chi connectivity index (χ3v) is 5.41. The number of hydrogen-bond donors (Lipinski definition) is 2. The Bertz CT molecular complexity index is 904. The predicted molar refractivity (Wildman–Crippen MR) is 117 cm³/mol. The van der Waals surface area contributed by atoms with E-state index in [4.69, 9.17) is 0 Å². The molecule has 8 heteroatoms. The molecule has 1 aliphatic heterocycles. The molecule has 3 aromatic rings. The van der Waals surface area contributed by atoms with E-state index in [1.165, 1.54) is 22.5 Å². The summed E-state index contributed by atoms with van der Waals surface area (Å²) in [6, 6.07) is 14.3. The first-order valence-electron chi connectivity index (χ1n) is 8.73. The summed E-state index contributed by atoms with van der Waals surface area (Å²) in [5, 5.41) is 9.29. The molecule has 1 atom stereocenters. The maximum Gasteiger partial charge on any atom is 0.226 e. The molecule has 4 rings (SSSR count). The molecule has 5 nitrogen and oxygen atoms in total. The van der Waals surface area contributed by atoms with Gasteiger partial charge >= 0.3 is 0 Å². The van der Waals surface area contributed by atoms with Crippen molar-refractivity contribution in [3.05, 3.63) is 70.9 Å². The Morgan fingerprint density at radius 1 is 1.18 bits per heavy atom. The SMILES string of the molecule is Cl.Cl.O=C(Cc1csc(-c2ccccn2)n1)NCC1NCCc2ccccc21. The number of thiazole rings is 1. The van der Waals surface area contributed by atoms with Crippen LogP contribution in [0.3, 0.4) is 0 Å². The van der Waals surface area contributed by atoms with Crippen molar-refractivity contribution in [3.8, 4) is 10.7 Å². The van der Waals surface area contributed by atoms with E-state index in [1.807, 2.05) is 23.6 Å². The molecule has 0 fully saturated rings. The van der Waals surface area contributed by atoms with Gasteiger partial charge in [0.2, 0.25) is 5.91 Å². The summed E-state index contributed by atoms with van der Waals surface area (Å²) in [6.45, 7) is 1.53. The minimum atomic E-state index is -0.00674. The zero-order valence-corrected chi connectivity index (χ0v) is 17.6. The number of hydrogen-bond acceptors (Lipinski definition) is 5. The van der Waals surface area contributed by atoms with Gasteiger partial charge in [0.05, 0.1) is 17.8 Å². The van der Waals surface area contributed by atoms with Gasteiger partial charge < -0.3 is 10.6 Å². The Kier molecular flexibility index (Phi) is 8.38. The minimum absolute atomic E-state index is 0. The lowest BCUT2D eigenvalue weighted by molar-refractivity contribution is -0.120. The number of carbonyl (C=O) groups excluding carboxylic acids is 1. The van der Waals surface area contributed by atoms with Crippen LogP contribution in [0.2, 0.25) is 0 Å². The number of fused-ring (bicyclic) bond motifs is 1. The molecule has 2 aromatic heterocycles. The Labute approximate surface area is 180 Å². The summed E-state index contributed by atoms with van der Waals surface area (Å²) in [5.74, 6) is -0.00674. The Balaban J connectivity index is 0.00000140. The number of aromatic nitrogens is 2. The van der Waals surface area contributed by atoms with Crippen molar-refractivity contribution in [3.63, 3.8) is 0 Å². The highest BCUT2D eigenvalue weighted by Crippen LogP contribution is 2.23. The van der Waals surface area contributed by atoms with E-state index >= 15 is 0 Å². The number of nitrogens with zero attached hydrogens (tertiary/aromatic N) is 2. The second-order valence-corrected chi connectivity index (χ2v) is 7.15. The smallest absolute Gasteiger partial charge is 0.226 e. The molecule has 0 saturated carbocycles. The number of halogens is 2. The van der Waals surface area contributed by atoms with Crippen LogP contribution in [0.5, 0.6) is 0 Å². The normalized spacial score (nSPS) is 14.9. The molecule has 3 heterocycles. The monoisotopic (exact) mass is 436 g/mol. The van der Waals surface area contributed by atoms with Gasteiger partial charge in [0.1, 0.15) is 5.01 Å². The Morgan fingerprint density at radius 3 is 2.82 bits per heavy atom. The van der Waals surface area contributed by atoms with Gasteiger partial charge in [0.15, 0.2) is 0 Å². The van der Waals surface area contributed by atoms with Gasteiger partial charge in [0.25, 0.3) is 0 Å². The predicted octanol–water partition coefficient (Wildman–Crippen LogP) is 3.59. The van der Waals surface area contributed by atoms with E-state index in [1.54, 1.807) is 6.20 Å². The minimum Gasteiger partial charge on any atom is -0.354 e. The van der Waals surface area contributed by atoms with Crippen molar-refractivity contribution >= 4 is 42.1 Å². The summed E-state index contributed by atoms with van der Waals surface area (Å²) in [6.07, 6.45) is 3.07. The summed E-state index contributed by atoms with van der Waals surface area (Å²) in [5.41, 5.74) is 4.27. The molecule has 0 radical (unpaired) electrons. The largest absolute Gasteiger partial charge is 0.354 e. The third-order valence-electron chi connectivity index (χ3n) is 4.50. The van der Waals surface area contributed by atoms with Gasteiger partial charge in [0, 0.05) is 24.2 Å². The van der Waals surface area contributed by atoms with Gasteiger partial charge in [-0.2, -0.15) is 0 Å². The van der Waals surface area contributed by atoms with E-state index in [9.17, 15) is 4.79 Å². The molecule has 0 saturated heterocycles. The molecule has 0 aliphatic carbocycles. The molecule has 2 N–H and O–H groups in total. The molecule has 0 bridgehead atoms. The van der Waals surface area contributed by atoms with Crippen LogP contribution >= 0.6 is 36.2 Å². The van der Waals surface area contributed by atoms with Crippen LogP contribution in [0.1, 0.15) is 22.9 Å². The molecule has 1 unspecified atom stereocenters. The van der Waals surface area contributed by atoms with Gasteiger partial charge in [-0.3, -0.25) is 9.78 Å². The van der Waals surface area contributed by atoms with Crippen LogP contribution in [0, 0.1) is 0 Å². The molecule has 1 amide bonds. The van der Waals surface area contributed by atoms with E-state index in [0.29, 0.717) is 6.54 Å². The van der Waals surface area contributed by atoms with Gasteiger partial charge in [-0.1, -0.05) is 30.3 Å². The highest BCUT2D eigenvalue weighted by atomic mass is 35.5. The zero-order chi connectivity index (χ0) is 17.8. The van der Waals surface area contributed by atoms with E-state index in [-0.39, 0.29) is 43.2 Å². The van der Waals surface area contributed by atoms with Crippen LogP contribution in [0.4, 0.5) is 0 Å². The molecule has 0 spiro atoms. The Hall–Kier alpha value is -1.99. The van der Waals surface area contributed by atoms with Crippen molar-refractivity contribution in [2.75, 3.05) is 13.1 Å². The van der Waals surface area contributed by atoms with Crippen molar-refractivity contribution in [1.29, 1.82) is 0 Å². The van der Waals surface area contributed by atoms with Crippen molar-refractivity contribution in [2.24, 2.45) is 0 Å². The third kappa shape index (κ3) is 5.29. The first-order valence-corrected chi connectivity index (χ1v) is 9.61. The van der Waals surface area contributed by atoms with E-state index in [2.05, 4.69) is 44.9 Å². The first kappa shape index (κ1) is 22.3. The van der Waals surface area contributed by atoms with Crippen molar-refractivity contribution < 1.29 is 4.79 Å². The van der Waals surface area contributed by atoms with Crippen LogP contribution in [0.25, 0.3) is 10.7 Å². The number of amides is 1. The number of nitrogens with one attached hydrogen (secondary N) is 2. The maximum absolute atomic E-state index is 12.3. The lowest BCUT2D eigenvalue weighted by Crippen LogP contribution is -2.39. The maximum atomic E-state index is 12.3. The summed E-state index contributed by atoms with van der Waals surface area (Å²) < 4.78 is 0. The van der Waals surface area contributed by atoms with Crippen molar-refractivity contribution in [1.82, 2.24) is 20.6 Å². The average Bonchev–Trinajstić information content (AvgIpc) is 3.15. The fourth-order valence-corrected chi connectivity index (χ4v) is 4.01. The van der Waals surface area contributed by atoms with Gasteiger partial charge in [-0.25, -0.2) is 4.98 Å². The Morgan fingerprint density at radius 2 is 2.00 bits per heavy atom. The lowest BCUT2D eigenvalue weighted by atomic mass is 9.94. The second kappa shape index (κ2) is 10.5.